The molecule has 0 N–H and O–H groups in total. The van der Waals surface area contributed by atoms with Crippen molar-refractivity contribution in [2.45, 2.75) is 52.6 Å². The van der Waals surface area contributed by atoms with Crippen molar-refractivity contribution in [2.24, 2.45) is 0 Å². The van der Waals surface area contributed by atoms with Gasteiger partial charge in [-0.15, -0.1) is 0 Å². The van der Waals surface area contributed by atoms with E-state index in [1.165, 1.54) is 4.90 Å². The van der Waals surface area contributed by atoms with Crippen LogP contribution in [0.2, 0.25) is 0 Å². The summed E-state index contributed by atoms with van der Waals surface area (Å²) >= 11 is 0. The van der Waals surface area contributed by atoms with Gasteiger partial charge in [-0.2, -0.15) is 5.10 Å². The van der Waals surface area contributed by atoms with Crippen molar-refractivity contribution in [3.8, 4) is 0 Å². The number of hydrogen-bond donors (Lipinski definition) is 0. The van der Waals surface area contributed by atoms with Gasteiger partial charge in [0.15, 0.2) is 11.6 Å². The highest BCUT2D eigenvalue weighted by Gasteiger charge is 2.25. The summed E-state index contributed by atoms with van der Waals surface area (Å²) in [5, 5.41) is 4.25. The van der Waals surface area contributed by atoms with E-state index in [0.29, 0.717) is 43.0 Å². The summed E-state index contributed by atoms with van der Waals surface area (Å²) in [4.78, 5) is 31.6. The van der Waals surface area contributed by atoms with Gasteiger partial charge in [-0.3, -0.25) is 14.3 Å². The van der Waals surface area contributed by atoms with Crippen LogP contribution in [-0.2, 0) is 17.9 Å². The molecule has 0 fully saturated rings. The first-order valence-electron chi connectivity index (χ1n) is 11.6. The van der Waals surface area contributed by atoms with Crippen LogP contribution in [0, 0.1) is 11.6 Å². The molecular weight excluding hydrogens is 428 g/mol. The second kappa shape index (κ2) is 11.4. The normalized spacial score (nSPS) is 16.2. The topological polar surface area (TPSA) is 61.7 Å². The third-order valence-electron chi connectivity index (χ3n) is 5.92. The third kappa shape index (κ3) is 5.96. The van der Waals surface area contributed by atoms with Gasteiger partial charge >= 0.3 is 0 Å². The Bertz CT molecular complexity index is 978. The first kappa shape index (κ1) is 24.8. The average molecular weight is 462 g/mol. The van der Waals surface area contributed by atoms with Crippen molar-refractivity contribution in [3.63, 3.8) is 0 Å². The molecule has 1 aromatic heterocycles. The molecular formula is C24H33F2N5O2. The van der Waals surface area contributed by atoms with Crippen molar-refractivity contribution in [1.29, 1.82) is 0 Å². The molecule has 2 aromatic rings. The molecule has 2 heterocycles. The minimum absolute atomic E-state index is 0.0693. The Labute approximate surface area is 193 Å². The van der Waals surface area contributed by atoms with Gasteiger partial charge in [-0.25, -0.2) is 8.78 Å². The van der Waals surface area contributed by atoms with Crippen LogP contribution in [0.4, 0.5) is 14.5 Å². The number of benzene rings is 1. The van der Waals surface area contributed by atoms with Crippen LogP contribution in [0.3, 0.4) is 0 Å². The molecule has 0 radical (unpaired) electrons. The maximum absolute atomic E-state index is 14.3. The highest BCUT2D eigenvalue weighted by Crippen LogP contribution is 2.27. The molecule has 0 bridgehead atoms. The van der Waals surface area contributed by atoms with E-state index < -0.39 is 11.6 Å². The lowest BCUT2D eigenvalue weighted by Crippen LogP contribution is -2.38. The molecule has 0 saturated heterocycles. The summed E-state index contributed by atoms with van der Waals surface area (Å²) in [5.41, 5.74) is 1.20. The lowest BCUT2D eigenvalue weighted by Gasteiger charge is -2.31. The van der Waals surface area contributed by atoms with Gasteiger partial charge < -0.3 is 14.7 Å². The third-order valence-corrected chi connectivity index (χ3v) is 5.92. The number of fused-ring (bicyclic) bond motifs is 1. The van der Waals surface area contributed by atoms with Crippen molar-refractivity contribution in [3.05, 3.63) is 47.3 Å². The Hall–Kier alpha value is -2.81. The van der Waals surface area contributed by atoms with Crippen LogP contribution >= 0.6 is 0 Å². The van der Waals surface area contributed by atoms with E-state index in [2.05, 4.69) is 10.00 Å². The second-order valence-corrected chi connectivity index (χ2v) is 8.47. The summed E-state index contributed by atoms with van der Waals surface area (Å²) in [6, 6.07) is 3.87. The fraction of sp³-hybridized carbons (Fsp3) is 0.542. The molecule has 1 aliphatic rings. The van der Waals surface area contributed by atoms with Crippen LogP contribution < -0.4 is 4.90 Å². The predicted octanol–water partition coefficient (Wildman–Crippen LogP) is 3.68. The van der Waals surface area contributed by atoms with Gasteiger partial charge in [-0.1, -0.05) is 13.8 Å². The predicted molar refractivity (Wildman–Crippen MR) is 123 cm³/mol. The molecule has 2 amide bonds. The highest BCUT2D eigenvalue weighted by molar-refractivity contribution is 5.95. The number of carbonyl (C=O) groups excluding carboxylic acids is 2. The van der Waals surface area contributed by atoms with Gasteiger partial charge in [0.1, 0.15) is 5.69 Å². The van der Waals surface area contributed by atoms with E-state index >= 15 is 0 Å². The van der Waals surface area contributed by atoms with Gasteiger partial charge in [0, 0.05) is 44.9 Å². The largest absolute Gasteiger partial charge is 0.333 e. The number of aromatic nitrogens is 2. The molecule has 7 nitrogen and oxygen atoms in total. The number of carbonyl (C=O) groups is 2. The zero-order valence-corrected chi connectivity index (χ0v) is 19.7. The van der Waals surface area contributed by atoms with Gasteiger partial charge in [-0.05, 0) is 57.1 Å². The molecule has 0 aliphatic carbocycles. The highest BCUT2D eigenvalue weighted by atomic mass is 19.2. The van der Waals surface area contributed by atoms with Gasteiger partial charge in [0.05, 0.1) is 5.69 Å². The Morgan fingerprint density at radius 2 is 1.73 bits per heavy atom. The van der Waals surface area contributed by atoms with Crippen molar-refractivity contribution in [2.75, 3.05) is 38.1 Å². The van der Waals surface area contributed by atoms with Crippen LogP contribution in [0.1, 0.15) is 55.6 Å². The quantitative estimate of drug-likeness (QED) is 0.697. The maximum atomic E-state index is 14.3. The molecule has 0 unspecified atom stereocenters. The van der Waals surface area contributed by atoms with Crippen LogP contribution in [0.5, 0.6) is 0 Å². The fourth-order valence-electron chi connectivity index (χ4n) is 4.19. The Morgan fingerprint density at radius 1 is 1.03 bits per heavy atom. The summed E-state index contributed by atoms with van der Waals surface area (Å²) < 4.78 is 30.2. The standard InChI is InChI=1S/C24H33F2N5O2/c1-4-10-31-21(8-9-27-31)24(33)29-13-6-11-28(3)12-7-14-30(23(32)5-2)22-16-20(26)19(25)15-18(22)17-29/h8-9,15-16H,4-7,10-14,17H2,1-3H3. The number of halogens is 2. The summed E-state index contributed by atoms with van der Waals surface area (Å²) in [5.74, 6) is -2.38. The fourth-order valence-corrected chi connectivity index (χ4v) is 4.19. The van der Waals surface area contributed by atoms with E-state index in [9.17, 15) is 18.4 Å². The van der Waals surface area contributed by atoms with Crippen LogP contribution in [0.25, 0.3) is 0 Å². The molecule has 9 heteroatoms. The van der Waals surface area contributed by atoms with E-state index in [1.54, 1.807) is 28.8 Å². The minimum Gasteiger partial charge on any atom is -0.333 e. The first-order chi connectivity index (χ1) is 15.8. The Kier molecular flexibility index (Phi) is 8.55. The first-order valence-corrected chi connectivity index (χ1v) is 11.6. The maximum Gasteiger partial charge on any atom is 0.272 e. The molecule has 1 aromatic carbocycles. The number of rotatable bonds is 4. The van der Waals surface area contributed by atoms with E-state index in [1.807, 2.05) is 14.0 Å². The van der Waals surface area contributed by atoms with Crippen molar-refractivity contribution in [1.82, 2.24) is 19.6 Å². The number of hydrogen-bond acceptors (Lipinski definition) is 4. The summed E-state index contributed by atoms with van der Waals surface area (Å²) in [7, 11) is 2.00. The number of amides is 2. The Morgan fingerprint density at radius 3 is 2.42 bits per heavy atom. The molecule has 0 atom stereocenters. The molecule has 3 rings (SSSR count). The van der Waals surface area contributed by atoms with Crippen LogP contribution in [-0.4, -0.2) is 64.6 Å². The lowest BCUT2D eigenvalue weighted by molar-refractivity contribution is -0.118. The second-order valence-electron chi connectivity index (χ2n) is 8.47. The van der Waals surface area contributed by atoms with Gasteiger partial charge in [0.2, 0.25) is 5.91 Å². The number of aryl methyl sites for hydroxylation is 1. The zero-order chi connectivity index (χ0) is 24.0. The molecule has 33 heavy (non-hydrogen) atoms. The van der Waals surface area contributed by atoms with Crippen molar-refractivity contribution >= 4 is 17.5 Å². The summed E-state index contributed by atoms with van der Waals surface area (Å²) in [6.45, 7) is 6.81. The van der Waals surface area contributed by atoms with E-state index in [-0.39, 0.29) is 24.8 Å². The minimum atomic E-state index is -1.01. The van der Waals surface area contributed by atoms with E-state index in [4.69, 9.17) is 0 Å². The SMILES string of the molecule is CCCn1nccc1C(=O)N1CCCN(C)CCCN(C(=O)CC)c2cc(F)c(F)cc2C1. The Balaban J connectivity index is 2.04. The van der Waals surface area contributed by atoms with Crippen molar-refractivity contribution < 1.29 is 18.4 Å². The molecule has 0 spiro atoms. The molecule has 1 aliphatic heterocycles. The van der Waals surface area contributed by atoms with E-state index in [0.717, 1.165) is 38.1 Å². The smallest absolute Gasteiger partial charge is 0.272 e. The number of nitrogens with zero attached hydrogens (tertiary/aromatic N) is 5. The van der Waals surface area contributed by atoms with Gasteiger partial charge in [0.25, 0.3) is 5.91 Å². The summed E-state index contributed by atoms with van der Waals surface area (Å²) in [6.07, 6.45) is 4.11. The molecule has 180 valence electrons. The monoisotopic (exact) mass is 461 g/mol. The number of anilines is 1. The zero-order valence-electron chi connectivity index (χ0n) is 19.7. The molecule has 0 saturated carbocycles. The average Bonchev–Trinajstić information content (AvgIpc) is 3.25. The van der Waals surface area contributed by atoms with Crippen LogP contribution in [0.15, 0.2) is 24.4 Å². The lowest BCUT2D eigenvalue weighted by atomic mass is 10.1.